The first kappa shape index (κ1) is 12.3. The smallest absolute Gasteiger partial charge is 0.292 e. The van der Waals surface area contributed by atoms with E-state index in [-0.39, 0.29) is 6.03 Å². The molecule has 1 fully saturated rings. The zero-order chi connectivity index (χ0) is 14.2. The lowest BCUT2D eigenvalue weighted by Gasteiger charge is -2.18. The first-order chi connectivity index (χ1) is 10.3. The molecule has 1 saturated heterocycles. The standard InChI is InChI=1S/C15H12N4OS/c20-15-18(7-8-19(15)14-3-1-2-6-16-14)11-4-5-12-13(9-11)21-10-17-12/h1-6,9-10H,7-8H2. The van der Waals surface area contributed by atoms with Crippen molar-refractivity contribution in [2.24, 2.45) is 0 Å². The average molecular weight is 296 g/mol. The summed E-state index contributed by atoms with van der Waals surface area (Å²) in [7, 11) is 0. The predicted octanol–water partition coefficient (Wildman–Crippen LogP) is 3.14. The molecule has 0 spiro atoms. The van der Waals surface area contributed by atoms with Crippen LogP contribution in [0.1, 0.15) is 0 Å². The number of hydrogen-bond acceptors (Lipinski definition) is 4. The van der Waals surface area contributed by atoms with Crippen LogP contribution < -0.4 is 9.80 Å². The van der Waals surface area contributed by atoms with Crippen LogP contribution in [0.2, 0.25) is 0 Å². The molecule has 3 heterocycles. The Morgan fingerprint density at radius 3 is 2.81 bits per heavy atom. The van der Waals surface area contributed by atoms with Crippen LogP contribution in [0.25, 0.3) is 10.2 Å². The van der Waals surface area contributed by atoms with Gasteiger partial charge in [0.1, 0.15) is 5.82 Å². The first-order valence-corrected chi connectivity index (χ1v) is 7.54. The Morgan fingerprint density at radius 1 is 1.05 bits per heavy atom. The fourth-order valence-electron chi connectivity index (χ4n) is 2.51. The highest BCUT2D eigenvalue weighted by molar-refractivity contribution is 7.16. The van der Waals surface area contributed by atoms with Gasteiger partial charge in [0.2, 0.25) is 0 Å². The summed E-state index contributed by atoms with van der Waals surface area (Å²) in [5.74, 6) is 0.698. The van der Waals surface area contributed by atoms with Crippen LogP contribution in [-0.4, -0.2) is 29.1 Å². The molecule has 2 aromatic heterocycles. The van der Waals surface area contributed by atoms with E-state index in [0.717, 1.165) is 15.9 Å². The van der Waals surface area contributed by atoms with Gasteiger partial charge in [-0.3, -0.25) is 9.80 Å². The van der Waals surface area contributed by atoms with Crippen molar-refractivity contribution in [3.8, 4) is 0 Å². The number of amides is 2. The summed E-state index contributed by atoms with van der Waals surface area (Å²) >= 11 is 1.58. The van der Waals surface area contributed by atoms with Crippen LogP contribution in [0.4, 0.5) is 16.3 Å². The van der Waals surface area contributed by atoms with Gasteiger partial charge in [0.15, 0.2) is 0 Å². The molecule has 4 rings (SSSR count). The number of pyridine rings is 1. The quantitative estimate of drug-likeness (QED) is 0.730. The largest absolute Gasteiger partial charge is 0.330 e. The normalized spacial score (nSPS) is 15.1. The second-order valence-corrected chi connectivity index (χ2v) is 5.66. The van der Waals surface area contributed by atoms with Crippen molar-refractivity contribution in [1.82, 2.24) is 9.97 Å². The number of fused-ring (bicyclic) bond motifs is 1. The molecule has 0 aliphatic carbocycles. The third kappa shape index (κ3) is 2.04. The van der Waals surface area contributed by atoms with Gasteiger partial charge in [-0.15, -0.1) is 11.3 Å². The van der Waals surface area contributed by atoms with E-state index in [4.69, 9.17) is 0 Å². The molecule has 21 heavy (non-hydrogen) atoms. The van der Waals surface area contributed by atoms with Crippen LogP contribution in [0.15, 0.2) is 48.1 Å². The van der Waals surface area contributed by atoms with Gasteiger partial charge in [-0.2, -0.15) is 0 Å². The minimum Gasteiger partial charge on any atom is -0.292 e. The fourth-order valence-corrected chi connectivity index (χ4v) is 3.22. The third-order valence-electron chi connectivity index (χ3n) is 3.56. The van der Waals surface area contributed by atoms with Gasteiger partial charge >= 0.3 is 6.03 Å². The summed E-state index contributed by atoms with van der Waals surface area (Å²) in [6.45, 7) is 1.32. The number of carbonyl (C=O) groups excluding carboxylic acids is 1. The number of nitrogens with zero attached hydrogens (tertiary/aromatic N) is 4. The zero-order valence-corrected chi connectivity index (χ0v) is 12.0. The van der Waals surface area contributed by atoms with Crippen LogP contribution in [0, 0.1) is 0 Å². The van der Waals surface area contributed by atoms with Crippen molar-refractivity contribution < 1.29 is 4.79 Å². The highest BCUT2D eigenvalue weighted by Crippen LogP contribution is 2.28. The summed E-state index contributed by atoms with van der Waals surface area (Å²) in [6, 6.07) is 11.5. The monoisotopic (exact) mass is 296 g/mol. The molecule has 3 aromatic rings. The van der Waals surface area contributed by atoms with Crippen molar-refractivity contribution in [2.75, 3.05) is 22.9 Å². The lowest BCUT2D eigenvalue weighted by molar-refractivity contribution is 0.255. The van der Waals surface area contributed by atoms with Crippen molar-refractivity contribution in [2.45, 2.75) is 0 Å². The highest BCUT2D eigenvalue weighted by Gasteiger charge is 2.31. The van der Waals surface area contributed by atoms with Gasteiger partial charge in [-0.05, 0) is 30.3 Å². The van der Waals surface area contributed by atoms with Gasteiger partial charge in [-0.25, -0.2) is 14.8 Å². The minimum atomic E-state index is -0.0300. The third-order valence-corrected chi connectivity index (χ3v) is 4.35. The van der Waals surface area contributed by atoms with E-state index in [1.54, 1.807) is 27.3 Å². The fraction of sp³-hybridized carbons (Fsp3) is 0.133. The molecule has 0 bridgehead atoms. The van der Waals surface area contributed by atoms with E-state index in [0.29, 0.717) is 18.9 Å². The van der Waals surface area contributed by atoms with E-state index >= 15 is 0 Å². The SMILES string of the molecule is O=C1N(c2ccc3ncsc3c2)CCN1c1ccccn1. The summed E-state index contributed by atoms with van der Waals surface area (Å²) in [6.07, 6.45) is 1.70. The molecule has 2 amide bonds. The molecule has 0 N–H and O–H groups in total. The van der Waals surface area contributed by atoms with Gasteiger partial charge in [0.25, 0.3) is 0 Å². The van der Waals surface area contributed by atoms with Crippen molar-refractivity contribution in [3.63, 3.8) is 0 Å². The lowest BCUT2D eigenvalue weighted by atomic mass is 10.3. The second kappa shape index (κ2) is 4.82. The second-order valence-electron chi connectivity index (χ2n) is 4.78. The topological polar surface area (TPSA) is 49.3 Å². The zero-order valence-electron chi connectivity index (χ0n) is 11.1. The molecule has 0 saturated carbocycles. The number of thiazole rings is 1. The number of hydrogen-bond donors (Lipinski definition) is 0. The maximum absolute atomic E-state index is 12.6. The molecule has 6 heteroatoms. The first-order valence-electron chi connectivity index (χ1n) is 6.66. The molecule has 0 atom stereocenters. The number of rotatable bonds is 2. The van der Waals surface area contributed by atoms with Gasteiger partial charge in [-0.1, -0.05) is 6.07 Å². The summed E-state index contributed by atoms with van der Waals surface area (Å²) in [5, 5.41) is 0. The Morgan fingerprint density at radius 2 is 1.95 bits per heavy atom. The maximum atomic E-state index is 12.6. The summed E-state index contributed by atoms with van der Waals surface area (Å²) in [4.78, 5) is 24.6. The van der Waals surface area contributed by atoms with E-state index in [9.17, 15) is 4.79 Å². The van der Waals surface area contributed by atoms with E-state index in [2.05, 4.69) is 9.97 Å². The molecule has 0 unspecified atom stereocenters. The predicted molar refractivity (Wildman–Crippen MR) is 83.9 cm³/mol. The molecule has 1 aliphatic rings. The number of carbonyl (C=O) groups is 1. The number of anilines is 2. The Balaban J connectivity index is 1.66. The van der Waals surface area contributed by atoms with E-state index < -0.39 is 0 Å². The molecular weight excluding hydrogens is 284 g/mol. The molecule has 104 valence electrons. The minimum absolute atomic E-state index is 0.0300. The van der Waals surface area contributed by atoms with Crippen molar-refractivity contribution in [1.29, 1.82) is 0 Å². The maximum Gasteiger partial charge on any atom is 0.330 e. The van der Waals surface area contributed by atoms with Crippen LogP contribution >= 0.6 is 11.3 Å². The highest BCUT2D eigenvalue weighted by atomic mass is 32.1. The van der Waals surface area contributed by atoms with Crippen molar-refractivity contribution >= 4 is 39.1 Å². The number of benzene rings is 1. The Labute approximate surface area is 125 Å². The summed E-state index contributed by atoms with van der Waals surface area (Å²) in [5.41, 5.74) is 3.70. The number of urea groups is 1. The Kier molecular flexibility index (Phi) is 2.82. The van der Waals surface area contributed by atoms with Crippen molar-refractivity contribution in [3.05, 3.63) is 48.1 Å². The van der Waals surface area contributed by atoms with Gasteiger partial charge in [0.05, 0.1) is 15.7 Å². The van der Waals surface area contributed by atoms with E-state index in [1.807, 2.05) is 41.9 Å². The molecule has 1 aliphatic heterocycles. The summed E-state index contributed by atoms with van der Waals surface area (Å²) < 4.78 is 1.09. The van der Waals surface area contributed by atoms with Gasteiger partial charge < -0.3 is 0 Å². The Hall–Kier alpha value is -2.47. The molecular formula is C15H12N4OS. The van der Waals surface area contributed by atoms with Crippen LogP contribution in [0.5, 0.6) is 0 Å². The average Bonchev–Trinajstić information content (AvgIpc) is 3.13. The van der Waals surface area contributed by atoms with Crippen LogP contribution in [0.3, 0.4) is 0 Å². The molecule has 5 nitrogen and oxygen atoms in total. The molecule has 0 radical (unpaired) electrons. The molecule has 1 aromatic carbocycles. The van der Waals surface area contributed by atoms with Gasteiger partial charge in [0, 0.05) is 25.0 Å². The lowest BCUT2D eigenvalue weighted by Crippen LogP contribution is -2.32. The Bertz CT molecular complexity index is 802. The van der Waals surface area contributed by atoms with Crippen LogP contribution in [-0.2, 0) is 0 Å². The number of aromatic nitrogens is 2. The van der Waals surface area contributed by atoms with E-state index in [1.165, 1.54) is 0 Å².